The zero-order valence-electron chi connectivity index (χ0n) is 13.8. The number of allylic oxidation sites excluding steroid dienone is 5. The lowest BCUT2D eigenvalue weighted by molar-refractivity contribution is -0.134. The molecule has 1 saturated heterocycles. The van der Waals surface area contributed by atoms with Crippen molar-refractivity contribution in [2.24, 2.45) is 0 Å². The second-order valence-electron chi connectivity index (χ2n) is 5.88. The van der Waals surface area contributed by atoms with Gasteiger partial charge in [0.05, 0.1) is 0 Å². The lowest BCUT2D eigenvalue weighted by Gasteiger charge is -2.35. The number of imide groups is 2. The molecule has 0 atom stereocenters. The molecule has 2 aliphatic rings. The van der Waals surface area contributed by atoms with Gasteiger partial charge in [-0.1, -0.05) is 0 Å². The standard InChI is InChI=1S/C16H21N3O3/c1-9(2)19-10(3)7-12(8-11(19)4)13-14(20)17(5)16(22)18(6)15(13)21/h7-9H,1-6H3. The van der Waals surface area contributed by atoms with Gasteiger partial charge < -0.3 is 4.90 Å². The molecule has 0 aromatic carbocycles. The summed E-state index contributed by atoms with van der Waals surface area (Å²) in [6.07, 6.45) is 3.63. The molecular weight excluding hydrogens is 282 g/mol. The maximum Gasteiger partial charge on any atom is 0.333 e. The number of amides is 4. The van der Waals surface area contributed by atoms with Crippen molar-refractivity contribution in [3.63, 3.8) is 0 Å². The van der Waals surface area contributed by atoms with Crippen LogP contribution in [0.1, 0.15) is 27.7 Å². The Kier molecular flexibility index (Phi) is 3.96. The van der Waals surface area contributed by atoms with Crippen molar-refractivity contribution in [3.8, 4) is 0 Å². The molecule has 6 nitrogen and oxygen atoms in total. The molecular formula is C16H21N3O3. The topological polar surface area (TPSA) is 60.9 Å². The quantitative estimate of drug-likeness (QED) is 0.548. The molecule has 2 aliphatic heterocycles. The van der Waals surface area contributed by atoms with Gasteiger partial charge in [0.25, 0.3) is 11.8 Å². The van der Waals surface area contributed by atoms with Crippen molar-refractivity contribution in [3.05, 3.63) is 34.7 Å². The molecule has 22 heavy (non-hydrogen) atoms. The highest BCUT2D eigenvalue weighted by Crippen LogP contribution is 2.29. The van der Waals surface area contributed by atoms with Crippen LogP contribution < -0.4 is 0 Å². The van der Waals surface area contributed by atoms with Gasteiger partial charge in [0.1, 0.15) is 5.57 Å². The van der Waals surface area contributed by atoms with Crippen LogP contribution in [0.5, 0.6) is 0 Å². The van der Waals surface area contributed by atoms with Crippen LogP contribution in [0, 0.1) is 0 Å². The number of hydrogen-bond acceptors (Lipinski definition) is 4. The highest BCUT2D eigenvalue weighted by molar-refractivity contribution is 6.29. The van der Waals surface area contributed by atoms with E-state index in [1.165, 1.54) is 14.1 Å². The maximum atomic E-state index is 12.3. The van der Waals surface area contributed by atoms with E-state index in [0.717, 1.165) is 21.2 Å². The molecule has 2 rings (SSSR count). The zero-order valence-corrected chi connectivity index (χ0v) is 13.8. The molecule has 6 heteroatoms. The average Bonchev–Trinajstić information content (AvgIpc) is 2.42. The highest BCUT2D eigenvalue weighted by atomic mass is 16.2. The number of carbonyl (C=O) groups is 3. The van der Waals surface area contributed by atoms with Gasteiger partial charge in [-0.05, 0) is 45.4 Å². The third-order valence-electron chi connectivity index (χ3n) is 3.90. The van der Waals surface area contributed by atoms with Crippen LogP contribution in [0.4, 0.5) is 4.79 Å². The number of likely N-dealkylation sites (N-methyl/N-ethyl adjacent to an activating group) is 2. The summed E-state index contributed by atoms with van der Waals surface area (Å²) in [4.78, 5) is 40.5. The minimum absolute atomic E-state index is 0.0340. The van der Waals surface area contributed by atoms with E-state index < -0.39 is 17.8 Å². The predicted octanol–water partition coefficient (Wildman–Crippen LogP) is 1.87. The molecule has 0 aliphatic carbocycles. The van der Waals surface area contributed by atoms with Gasteiger partial charge in [-0.15, -0.1) is 0 Å². The van der Waals surface area contributed by atoms with Crippen LogP contribution in [0.3, 0.4) is 0 Å². The van der Waals surface area contributed by atoms with Crippen molar-refractivity contribution in [1.82, 2.24) is 14.7 Å². The summed E-state index contributed by atoms with van der Waals surface area (Å²) < 4.78 is 0. The molecule has 0 unspecified atom stereocenters. The summed E-state index contributed by atoms with van der Waals surface area (Å²) in [5.41, 5.74) is 2.50. The normalized spacial score (nSPS) is 20.1. The Morgan fingerprint density at radius 1 is 0.864 bits per heavy atom. The molecule has 0 bridgehead atoms. The third-order valence-corrected chi connectivity index (χ3v) is 3.90. The summed E-state index contributed by atoms with van der Waals surface area (Å²) in [5, 5.41) is 0. The van der Waals surface area contributed by atoms with Crippen LogP contribution in [-0.2, 0) is 9.59 Å². The Labute approximate surface area is 130 Å². The average molecular weight is 303 g/mol. The Hall–Kier alpha value is -2.37. The number of nitrogens with zero attached hydrogens (tertiary/aromatic N) is 3. The molecule has 4 amide bonds. The third kappa shape index (κ3) is 2.34. The molecule has 0 saturated carbocycles. The van der Waals surface area contributed by atoms with E-state index in [9.17, 15) is 14.4 Å². The van der Waals surface area contributed by atoms with E-state index in [1.54, 1.807) is 0 Å². The Bertz CT molecular complexity index is 608. The van der Waals surface area contributed by atoms with E-state index >= 15 is 0 Å². The lowest BCUT2D eigenvalue weighted by Crippen LogP contribution is -2.53. The first-order valence-corrected chi connectivity index (χ1v) is 7.17. The van der Waals surface area contributed by atoms with Crippen LogP contribution in [0.15, 0.2) is 34.7 Å². The number of carbonyl (C=O) groups excluding carboxylic acids is 3. The molecule has 118 valence electrons. The minimum Gasteiger partial charge on any atom is -0.347 e. The molecule has 0 aromatic rings. The fourth-order valence-corrected chi connectivity index (χ4v) is 2.94. The van der Waals surface area contributed by atoms with E-state index in [0.29, 0.717) is 5.57 Å². The number of hydrogen-bond donors (Lipinski definition) is 0. The fourth-order valence-electron chi connectivity index (χ4n) is 2.94. The monoisotopic (exact) mass is 303 g/mol. The van der Waals surface area contributed by atoms with E-state index in [2.05, 4.69) is 18.7 Å². The largest absolute Gasteiger partial charge is 0.347 e. The van der Waals surface area contributed by atoms with Crippen molar-refractivity contribution in [2.75, 3.05) is 14.1 Å². The maximum absolute atomic E-state index is 12.3. The molecule has 0 radical (unpaired) electrons. The van der Waals surface area contributed by atoms with Crippen LogP contribution in [0.2, 0.25) is 0 Å². The Morgan fingerprint density at radius 3 is 1.64 bits per heavy atom. The van der Waals surface area contributed by atoms with Crippen LogP contribution >= 0.6 is 0 Å². The molecule has 2 heterocycles. The van der Waals surface area contributed by atoms with E-state index in [1.807, 2.05) is 26.0 Å². The summed E-state index contributed by atoms with van der Waals surface area (Å²) >= 11 is 0. The van der Waals surface area contributed by atoms with Crippen molar-refractivity contribution < 1.29 is 14.4 Å². The Balaban J connectivity index is 2.57. The zero-order chi connectivity index (χ0) is 16.8. The van der Waals surface area contributed by atoms with Gasteiger partial charge in [0.2, 0.25) is 0 Å². The second kappa shape index (κ2) is 5.44. The summed E-state index contributed by atoms with van der Waals surface area (Å²) in [5.74, 6) is -1.12. The lowest BCUT2D eigenvalue weighted by atomic mass is 9.98. The van der Waals surface area contributed by atoms with Gasteiger partial charge in [0, 0.05) is 31.5 Å². The molecule has 0 spiro atoms. The SMILES string of the molecule is CC1=CC(=C2C(=O)N(C)C(=O)N(C)C2=O)C=C(C)N1C(C)C. The van der Waals surface area contributed by atoms with Gasteiger partial charge in [0.15, 0.2) is 0 Å². The molecule has 0 aromatic heterocycles. The molecule has 0 N–H and O–H groups in total. The van der Waals surface area contributed by atoms with Crippen LogP contribution in [-0.4, -0.2) is 52.7 Å². The van der Waals surface area contributed by atoms with Gasteiger partial charge >= 0.3 is 6.03 Å². The Morgan fingerprint density at radius 2 is 1.27 bits per heavy atom. The predicted molar refractivity (Wildman–Crippen MR) is 82.5 cm³/mol. The number of urea groups is 1. The van der Waals surface area contributed by atoms with Crippen molar-refractivity contribution in [2.45, 2.75) is 33.7 Å². The first-order valence-electron chi connectivity index (χ1n) is 7.17. The highest BCUT2D eigenvalue weighted by Gasteiger charge is 2.39. The summed E-state index contributed by atoms with van der Waals surface area (Å²) in [6, 6.07) is -0.330. The summed E-state index contributed by atoms with van der Waals surface area (Å²) in [6.45, 7) is 8.02. The van der Waals surface area contributed by atoms with Crippen LogP contribution in [0.25, 0.3) is 0 Å². The van der Waals surface area contributed by atoms with E-state index in [-0.39, 0.29) is 11.6 Å². The smallest absolute Gasteiger partial charge is 0.333 e. The molecule has 1 fully saturated rings. The minimum atomic E-state index is -0.611. The first kappa shape index (κ1) is 16.0. The van der Waals surface area contributed by atoms with Crippen molar-refractivity contribution >= 4 is 17.8 Å². The number of barbiturate groups is 1. The van der Waals surface area contributed by atoms with E-state index in [4.69, 9.17) is 0 Å². The number of rotatable bonds is 1. The summed E-state index contributed by atoms with van der Waals surface area (Å²) in [7, 11) is 2.76. The fraction of sp³-hybridized carbons (Fsp3) is 0.438. The van der Waals surface area contributed by atoms with Gasteiger partial charge in [-0.3, -0.25) is 19.4 Å². The first-order chi connectivity index (χ1) is 10.2. The van der Waals surface area contributed by atoms with Crippen molar-refractivity contribution in [1.29, 1.82) is 0 Å². The second-order valence-corrected chi connectivity index (χ2v) is 5.88. The van der Waals surface area contributed by atoms with Gasteiger partial charge in [-0.2, -0.15) is 0 Å². The van der Waals surface area contributed by atoms with Gasteiger partial charge in [-0.25, -0.2) is 4.79 Å².